The molecule has 2 nitrogen and oxygen atoms in total. The molecule has 0 aliphatic heterocycles. The molecule has 0 fully saturated rings. The molecular formula is C11H18BrNOS. The first-order valence-electron chi connectivity index (χ1n) is 5.04. The van der Waals surface area contributed by atoms with Crippen LogP contribution in [-0.4, -0.2) is 19.8 Å². The van der Waals surface area contributed by atoms with Crippen LogP contribution in [0, 0.1) is 0 Å². The monoisotopic (exact) mass is 291 g/mol. The zero-order valence-corrected chi connectivity index (χ0v) is 12.0. The van der Waals surface area contributed by atoms with Gasteiger partial charge in [0.2, 0.25) is 0 Å². The number of thiophene rings is 1. The summed E-state index contributed by atoms with van der Waals surface area (Å²) in [5, 5.41) is 5.44. The first-order chi connectivity index (χ1) is 7.09. The van der Waals surface area contributed by atoms with Crippen molar-refractivity contribution in [3.63, 3.8) is 0 Å². The smallest absolute Gasteiger partial charge is 0.0850 e. The minimum absolute atomic E-state index is 0.165. The minimum Gasteiger partial charge on any atom is -0.377 e. The van der Waals surface area contributed by atoms with Crippen molar-refractivity contribution >= 4 is 27.3 Å². The van der Waals surface area contributed by atoms with E-state index in [4.69, 9.17) is 4.74 Å². The van der Waals surface area contributed by atoms with Crippen molar-refractivity contribution in [2.24, 2.45) is 0 Å². The van der Waals surface area contributed by atoms with Crippen molar-refractivity contribution in [1.29, 1.82) is 0 Å². The third kappa shape index (κ3) is 2.61. The second kappa shape index (κ2) is 5.43. The summed E-state index contributed by atoms with van der Waals surface area (Å²) in [4.78, 5) is 1.30. The average molecular weight is 292 g/mol. The summed E-state index contributed by atoms with van der Waals surface area (Å²) in [6, 6.07) is 2.30. The van der Waals surface area contributed by atoms with Gasteiger partial charge in [0.1, 0.15) is 0 Å². The zero-order chi connectivity index (χ0) is 11.5. The lowest BCUT2D eigenvalue weighted by Gasteiger charge is -2.35. The quantitative estimate of drug-likeness (QED) is 0.895. The van der Waals surface area contributed by atoms with E-state index in [1.807, 2.05) is 7.05 Å². The predicted molar refractivity (Wildman–Crippen MR) is 69.5 cm³/mol. The summed E-state index contributed by atoms with van der Waals surface area (Å²) in [6.07, 6.45) is 0.972. The van der Waals surface area contributed by atoms with Gasteiger partial charge in [-0.25, -0.2) is 0 Å². The highest BCUT2D eigenvalue weighted by Gasteiger charge is 2.34. The lowest BCUT2D eigenvalue weighted by Crippen LogP contribution is -2.41. The van der Waals surface area contributed by atoms with E-state index >= 15 is 0 Å². The highest BCUT2D eigenvalue weighted by molar-refractivity contribution is 9.10. The number of rotatable bonds is 5. The minimum atomic E-state index is -0.165. The number of methoxy groups -OCH3 is 1. The molecule has 0 aliphatic rings. The van der Waals surface area contributed by atoms with Crippen molar-refractivity contribution in [2.75, 3.05) is 14.2 Å². The molecule has 1 rings (SSSR count). The Hall–Kier alpha value is 0.100. The molecule has 0 aliphatic carbocycles. The van der Waals surface area contributed by atoms with E-state index in [1.165, 1.54) is 4.88 Å². The van der Waals surface area contributed by atoms with Crippen molar-refractivity contribution in [3.8, 4) is 0 Å². The van der Waals surface area contributed by atoms with Crippen LogP contribution in [0.2, 0.25) is 0 Å². The van der Waals surface area contributed by atoms with Gasteiger partial charge in [-0.1, -0.05) is 6.92 Å². The molecule has 4 heteroatoms. The highest BCUT2D eigenvalue weighted by atomic mass is 79.9. The molecular weight excluding hydrogens is 274 g/mol. The molecule has 1 heterocycles. The van der Waals surface area contributed by atoms with Gasteiger partial charge in [0.15, 0.2) is 0 Å². The van der Waals surface area contributed by atoms with Crippen LogP contribution in [0.15, 0.2) is 15.9 Å². The van der Waals surface area contributed by atoms with E-state index in [9.17, 15) is 0 Å². The topological polar surface area (TPSA) is 21.3 Å². The fourth-order valence-corrected chi connectivity index (χ4v) is 3.54. The molecule has 86 valence electrons. The average Bonchev–Trinajstić information content (AvgIpc) is 2.66. The molecule has 0 saturated carbocycles. The Balaban J connectivity index is 3.03. The molecule has 0 spiro atoms. The van der Waals surface area contributed by atoms with Gasteiger partial charge < -0.3 is 10.1 Å². The fraction of sp³-hybridized carbons (Fsp3) is 0.636. The van der Waals surface area contributed by atoms with Crippen LogP contribution in [0.3, 0.4) is 0 Å². The maximum absolute atomic E-state index is 5.64. The molecule has 1 aromatic rings. The summed E-state index contributed by atoms with van der Waals surface area (Å²) >= 11 is 5.32. The van der Waals surface area contributed by atoms with Crippen molar-refractivity contribution < 1.29 is 4.74 Å². The number of ether oxygens (including phenoxy) is 1. The van der Waals surface area contributed by atoms with Gasteiger partial charge in [0.25, 0.3) is 0 Å². The predicted octanol–water partition coefficient (Wildman–Crippen LogP) is 3.59. The first-order valence-corrected chi connectivity index (χ1v) is 6.71. The molecule has 1 N–H and O–H groups in total. The summed E-state index contributed by atoms with van der Waals surface area (Å²) in [5.41, 5.74) is -0.165. The Kier molecular flexibility index (Phi) is 4.77. The van der Waals surface area contributed by atoms with Crippen LogP contribution in [0.1, 0.15) is 31.2 Å². The maximum Gasteiger partial charge on any atom is 0.0850 e. The van der Waals surface area contributed by atoms with Gasteiger partial charge in [0, 0.05) is 16.5 Å². The number of hydrogen-bond donors (Lipinski definition) is 1. The Morgan fingerprint density at radius 2 is 2.33 bits per heavy atom. The van der Waals surface area contributed by atoms with Gasteiger partial charge in [0.05, 0.1) is 11.6 Å². The van der Waals surface area contributed by atoms with E-state index in [2.05, 4.69) is 46.5 Å². The molecule has 1 aromatic heterocycles. The molecule has 0 bridgehead atoms. The summed E-state index contributed by atoms with van der Waals surface area (Å²) in [5.74, 6) is 0. The summed E-state index contributed by atoms with van der Waals surface area (Å²) in [6.45, 7) is 4.29. The molecule has 0 saturated heterocycles. The van der Waals surface area contributed by atoms with E-state index in [0.29, 0.717) is 0 Å². The number of nitrogens with one attached hydrogen (secondary N) is 1. The summed E-state index contributed by atoms with van der Waals surface area (Å²) < 4.78 is 6.80. The molecule has 15 heavy (non-hydrogen) atoms. The number of hydrogen-bond acceptors (Lipinski definition) is 3. The molecule has 0 radical (unpaired) electrons. The van der Waals surface area contributed by atoms with E-state index < -0.39 is 0 Å². The zero-order valence-electron chi connectivity index (χ0n) is 9.63. The van der Waals surface area contributed by atoms with Crippen LogP contribution in [0.25, 0.3) is 0 Å². The van der Waals surface area contributed by atoms with Gasteiger partial charge >= 0.3 is 0 Å². The molecule has 2 atom stereocenters. The van der Waals surface area contributed by atoms with Crippen LogP contribution in [0.4, 0.5) is 0 Å². The van der Waals surface area contributed by atoms with Crippen LogP contribution in [-0.2, 0) is 4.74 Å². The van der Waals surface area contributed by atoms with Crippen molar-refractivity contribution in [3.05, 3.63) is 20.8 Å². The Labute approximate surface area is 104 Å². The third-order valence-electron chi connectivity index (χ3n) is 2.97. The second-order valence-electron chi connectivity index (χ2n) is 3.72. The van der Waals surface area contributed by atoms with Gasteiger partial charge in [-0.15, -0.1) is 11.3 Å². The van der Waals surface area contributed by atoms with Gasteiger partial charge in [-0.05, 0) is 47.8 Å². The first kappa shape index (κ1) is 13.2. The van der Waals surface area contributed by atoms with Crippen molar-refractivity contribution in [2.45, 2.75) is 31.9 Å². The standard InChI is InChI=1S/C11H18BrNOS/c1-5-11(2,14-4)10(13-3)9-8(12)6-7-15-9/h6-7,10,13H,5H2,1-4H3. The normalized spacial score (nSPS) is 17.4. The highest BCUT2D eigenvalue weighted by Crippen LogP contribution is 2.38. The molecule has 0 amide bonds. The Morgan fingerprint density at radius 1 is 1.67 bits per heavy atom. The summed E-state index contributed by atoms with van der Waals surface area (Å²) in [7, 11) is 3.75. The van der Waals surface area contributed by atoms with Crippen LogP contribution < -0.4 is 5.32 Å². The lowest BCUT2D eigenvalue weighted by atomic mass is 9.92. The number of halogens is 1. The van der Waals surface area contributed by atoms with Crippen LogP contribution in [0.5, 0.6) is 0 Å². The van der Waals surface area contributed by atoms with Crippen molar-refractivity contribution in [1.82, 2.24) is 5.32 Å². The van der Waals surface area contributed by atoms with E-state index in [0.717, 1.165) is 10.9 Å². The third-order valence-corrected chi connectivity index (χ3v) is 4.91. The second-order valence-corrected chi connectivity index (χ2v) is 5.53. The largest absolute Gasteiger partial charge is 0.377 e. The SMILES string of the molecule is CCC(C)(OC)C(NC)c1sccc1Br. The maximum atomic E-state index is 5.64. The molecule has 0 aromatic carbocycles. The van der Waals surface area contributed by atoms with Gasteiger partial charge in [-0.2, -0.15) is 0 Å². The Morgan fingerprint density at radius 3 is 2.67 bits per heavy atom. The fourth-order valence-electron chi connectivity index (χ4n) is 1.69. The van der Waals surface area contributed by atoms with Crippen LogP contribution >= 0.6 is 27.3 Å². The van der Waals surface area contributed by atoms with E-state index in [1.54, 1.807) is 18.4 Å². The lowest BCUT2D eigenvalue weighted by molar-refractivity contribution is -0.0272. The van der Waals surface area contributed by atoms with Gasteiger partial charge in [-0.3, -0.25) is 0 Å². The Bertz CT molecular complexity index is 309. The molecule has 2 unspecified atom stereocenters. The number of likely N-dealkylation sites (N-methyl/N-ethyl adjacent to an activating group) is 1. The van der Waals surface area contributed by atoms with E-state index in [-0.39, 0.29) is 11.6 Å².